The zero-order valence-corrected chi connectivity index (χ0v) is 21.2. The van der Waals surface area contributed by atoms with E-state index in [2.05, 4.69) is 50.0 Å². The number of thiophene rings is 1. The largest absolute Gasteiger partial charge is 0.322 e. The highest BCUT2D eigenvalue weighted by Gasteiger charge is 2.17. The lowest BCUT2D eigenvalue weighted by Gasteiger charge is -2.22. The normalized spacial score (nSPS) is 11.6. The molecule has 0 saturated carbocycles. The van der Waals surface area contributed by atoms with Crippen molar-refractivity contribution >= 4 is 33.0 Å². The monoisotopic (exact) mass is 468 g/mol. The van der Waals surface area contributed by atoms with Crippen molar-refractivity contribution in [1.29, 1.82) is 0 Å². The number of hydrogen-bond acceptors (Lipinski definition) is 3. The molecule has 0 radical (unpaired) electrons. The Morgan fingerprint density at radius 1 is 1.00 bits per heavy atom. The molecule has 0 fully saturated rings. The van der Waals surface area contributed by atoms with E-state index >= 15 is 0 Å². The summed E-state index contributed by atoms with van der Waals surface area (Å²) in [6.45, 7) is 12.4. The van der Waals surface area contributed by atoms with Gasteiger partial charge in [-0.15, -0.1) is 11.3 Å². The van der Waals surface area contributed by atoms with Crippen LogP contribution in [0.2, 0.25) is 0 Å². The van der Waals surface area contributed by atoms with Gasteiger partial charge in [0.15, 0.2) is 0 Å². The third-order valence-electron chi connectivity index (χ3n) is 6.04. The third-order valence-corrected chi connectivity index (χ3v) is 7.56. The lowest BCUT2D eigenvalue weighted by Crippen LogP contribution is -2.28. The number of fused-ring (bicyclic) bond motifs is 1. The molecule has 1 aromatic heterocycles. The molecule has 3 nitrogen and oxygen atoms in total. The predicted molar refractivity (Wildman–Crippen MR) is 140 cm³/mol. The lowest BCUT2D eigenvalue weighted by atomic mass is 10.0. The van der Waals surface area contributed by atoms with Gasteiger partial charge in [0.25, 0.3) is 5.91 Å². The number of halogens is 1. The van der Waals surface area contributed by atoms with Crippen LogP contribution in [0.3, 0.4) is 0 Å². The van der Waals surface area contributed by atoms with E-state index < -0.39 is 0 Å². The highest BCUT2D eigenvalue weighted by atomic mass is 32.1. The molecule has 0 unspecified atom stereocenters. The molecule has 0 bridgehead atoms. The van der Waals surface area contributed by atoms with Crippen LogP contribution in [0.5, 0.6) is 0 Å². The van der Waals surface area contributed by atoms with E-state index in [0.717, 1.165) is 31.7 Å². The maximum Gasteiger partial charge on any atom is 0.255 e. The number of carbonyl (C=O) groups is 1. The maximum atomic E-state index is 13.2. The van der Waals surface area contributed by atoms with Gasteiger partial charge in [0, 0.05) is 27.4 Å². The summed E-state index contributed by atoms with van der Waals surface area (Å²) < 4.78 is 14.5. The number of nitrogens with zero attached hydrogens (tertiary/aromatic N) is 1. The molecular weight excluding hydrogens is 431 g/mol. The Bertz CT molecular complexity index is 1030. The molecule has 0 aliphatic rings. The van der Waals surface area contributed by atoms with Gasteiger partial charge in [-0.2, -0.15) is 0 Å². The molecule has 5 heteroatoms. The fourth-order valence-corrected chi connectivity index (χ4v) is 5.38. The van der Waals surface area contributed by atoms with Crippen LogP contribution in [0.25, 0.3) is 10.1 Å². The van der Waals surface area contributed by atoms with Crippen molar-refractivity contribution in [3.05, 3.63) is 64.3 Å². The molecule has 3 aromatic rings. The van der Waals surface area contributed by atoms with Crippen LogP contribution in [-0.4, -0.2) is 30.4 Å². The topological polar surface area (TPSA) is 32.3 Å². The minimum Gasteiger partial charge on any atom is -0.322 e. The molecule has 0 aliphatic carbocycles. The highest BCUT2D eigenvalue weighted by Crippen LogP contribution is 2.38. The van der Waals surface area contributed by atoms with Crippen molar-refractivity contribution in [2.24, 2.45) is 0 Å². The smallest absolute Gasteiger partial charge is 0.255 e. The number of unbranched alkanes of at least 4 members (excludes halogenated alkanes) is 2. The molecule has 2 aromatic carbocycles. The van der Waals surface area contributed by atoms with Crippen molar-refractivity contribution < 1.29 is 9.18 Å². The van der Waals surface area contributed by atoms with Gasteiger partial charge in [0.1, 0.15) is 5.82 Å². The molecule has 0 aliphatic heterocycles. The fourth-order valence-electron chi connectivity index (χ4n) is 4.14. The van der Waals surface area contributed by atoms with Crippen molar-refractivity contribution in [2.75, 3.05) is 25.0 Å². The van der Waals surface area contributed by atoms with Gasteiger partial charge in [0.05, 0.1) is 0 Å². The van der Waals surface area contributed by atoms with E-state index in [0.29, 0.717) is 11.5 Å². The summed E-state index contributed by atoms with van der Waals surface area (Å²) in [4.78, 5) is 16.7. The van der Waals surface area contributed by atoms with Crippen LogP contribution in [0.15, 0.2) is 42.5 Å². The van der Waals surface area contributed by atoms with Crippen molar-refractivity contribution in [3.8, 4) is 0 Å². The minimum atomic E-state index is -0.344. The molecule has 0 saturated heterocycles. The van der Waals surface area contributed by atoms with E-state index in [1.165, 1.54) is 70.5 Å². The number of benzene rings is 2. The van der Waals surface area contributed by atoms with Crippen LogP contribution in [0, 0.1) is 5.82 Å². The second-order valence-electron chi connectivity index (χ2n) is 9.07. The van der Waals surface area contributed by atoms with E-state index in [1.54, 1.807) is 0 Å². The summed E-state index contributed by atoms with van der Waals surface area (Å²) >= 11 is 1.87. The van der Waals surface area contributed by atoms with Crippen molar-refractivity contribution in [2.45, 2.75) is 65.7 Å². The maximum absolute atomic E-state index is 13.2. The van der Waals surface area contributed by atoms with Gasteiger partial charge in [-0.3, -0.25) is 4.79 Å². The average Bonchev–Trinajstić information content (AvgIpc) is 3.17. The quantitative estimate of drug-likeness (QED) is 0.293. The molecule has 1 N–H and O–H groups in total. The van der Waals surface area contributed by atoms with Crippen LogP contribution < -0.4 is 5.32 Å². The first-order valence-electron chi connectivity index (χ1n) is 12.3. The molecule has 1 heterocycles. The van der Waals surface area contributed by atoms with Gasteiger partial charge >= 0.3 is 0 Å². The van der Waals surface area contributed by atoms with Gasteiger partial charge in [-0.1, -0.05) is 40.5 Å². The van der Waals surface area contributed by atoms with Crippen LogP contribution in [0.4, 0.5) is 10.1 Å². The number of rotatable bonds is 12. The van der Waals surface area contributed by atoms with Crippen LogP contribution in [-0.2, 0) is 6.42 Å². The lowest BCUT2D eigenvalue weighted by molar-refractivity contribution is 0.102. The molecule has 0 atom stereocenters. The summed E-state index contributed by atoms with van der Waals surface area (Å²) in [5, 5.41) is 4.23. The first-order chi connectivity index (χ1) is 15.9. The Labute approximate surface area is 202 Å². The van der Waals surface area contributed by atoms with E-state index in [1.807, 2.05) is 17.4 Å². The summed E-state index contributed by atoms with van der Waals surface area (Å²) in [7, 11) is 0. The Morgan fingerprint density at radius 3 is 2.27 bits per heavy atom. The number of anilines is 1. The predicted octanol–water partition coefficient (Wildman–Crippen LogP) is 7.86. The van der Waals surface area contributed by atoms with E-state index in [4.69, 9.17) is 0 Å². The number of hydrogen-bond donors (Lipinski definition) is 1. The summed E-state index contributed by atoms with van der Waals surface area (Å²) in [6, 6.07) is 11.8. The van der Waals surface area contributed by atoms with Crippen LogP contribution in [0.1, 0.15) is 80.1 Å². The summed E-state index contributed by atoms with van der Waals surface area (Å²) in [5.74, 6) is -0.0982. The molecule has 1 amide bonds. The average molecular weight is 469 g/mol. The first-order valence-corrected chi connectivity index (χ1v) is 13.1. The Morgan fingerprint density at radius 2 is 1.67 bits per heavy atom. The standard InChI is InChI=1S/C28H37FN2OS/c1-5-7-16-31(17-8-6-2)18-15-24-25-19-23(13-14-26(25)33-27(24)20(3)4)30-28(32)21-9-11-22(29)12-10-21/h9-14,19-20H,5-8,15-18H2,1-4H3,(H,30,32). The van der Waals surface area contributed by atoms with Crippen molar-refractivity contribution in [3.63, 3.8) is 0 Å². The first kappa shape index (κ1) is 25.4. The van der Waals surface area contributed by atoms with Gasteiger partial charge in [-0.05, 0) is 91.7 Å². The Kier molecular flexibility index (Phi) is 9.45. The summed E-state index contributed by atoms with van der Waals surface area (Å²) in [5.41, 5.74) is 2.65. The minimum absolute atomic E-state index is 0.222. The molecule has 3 rings (SSSR count). The zero-order chi connectivity index (χ0) is 23.8. The second kappa shape index (κ2) is 12.3. The van der Waals surface area contributed by atoms with E-state index in [9.17, 15) is 9.18 Å². The molecule has 178 valence electrons. The molecular formula is C28H37FN2OS. The van der Waals surface area contributed by atoms with Gasteiger partial charge in [-0.25, -0.2) is 4.39 Å². The van der Waals surface area contributed by atoms with Gasteiger partial charge < -0.3 is 10.2 Å². The molecule has 33 heavy (non-hydrogen) atoms. The zero-order valence-electron chi connectivity index (χ0n) is 20.4. The third kappa shape index (κ3) is 6.87. The number of nitrogens with one attached hydrogen (secondary N) is 1. The van der Waals surface area contributed by atoms with E-state index in [-0.39, 0.29) is 11.7 Å². The van der Waals surface area contributed by atoms with Gasteiger partial charge in [0.2, 0.25) is 0 Å². The van der Waals surface area contributed by atoms with Crippen LogP contribution >= 0.6 is 11.3 Å². The summed E-state index contributed by atoms with van der Waals surface area (Å²) in [6.07, 6.45) is 5.95. The second-order valence-corrected chi connectivity index (χ2v) is 10.2. The Hall–Kier alpha value is -2.24. The highest BCUT2D eigenvalue weighted by molar-refractivity contribution is 7.19. The van der Waals surface area contributed by atoms with Crippen molar-refractivity contribution in [1.82, 2.24) is 4.90 Å². The molecule has 0 spiro atoms. The fraction of sp³-hybridized carbons (Fsp3) is 0.464. The number of carbonyl (C=O) groups excluding carboxylic acids is 1. The SMILES string of the molecule is CCCCN(CCCC)CCc1c(C(C)C)sc2ccc(NC(=O)c3ccc(F)cc3)cc12. The number of amides is 1. The Balaban J connectivity index is 1.83.